The van der Waals surface area contributed by atoms with Crippen LogP contribution in [-0.2, 0) is 61.4 Å². The molecular formula is C44H51ClN4O13S3. The number of halogens is 1. The summed E-state index contributed by atoms with van der Waals surface area (Å²) in [5.74, 6) is -2.59. The van der Waals surface area contributed by atoms with Crippen LogP contribution < -0.4 is 4.90 Å². The van der Waals surface area contributed by atoms with Gasteiger partial charge in [-0.15, -0.1) is 5.06 Å². The van der Waals surface area contributed by atoms with Gasteiger partial charge in [0.2, 0.25) is 0 Å². The van der Waals surface area contributed by atoms with Crippen molar-refractivity contribution in [1.29, 1.82) is 0 Å². The molecule has 350 valence electrons. The van der Waals surface area contributed by atoms with E-state index >= 15 is 0 Å². The van der Waals surface area contributed by atoms with E-state index in [4.69, 9.17) is 21.4 Å². The Morgan fingerprint density at radius 3 is 2.14 bits per heavy atom. The molecule has 0 bridgehead atoms. The fourth-order valence-electron chi connectivity index (χ4n) is 7.46. The summed E-state index contributed by atoms with van der Waals surface area (Å²) in [6.07, 6.45) is 10.8. The monoisotopic (exact) mass is 974 g/mol. The number of aryl methyl sites for hydroxylation is 1. The number of amides is 2. The average molecular weight is 976 g/mol. The number of hydrogen-bond donors (Lipinski definition) is 3. The average Bonchev–Trinajstić information content (AvgIpc) is 3.74. The summed E-state index contributed by atoms with van der Waals surface area (Å²) in [5.41, 5.74) is 3.39. The van der Waals surface area contributed by atoms with Crippen molar-refractivity contribution < 1.29 is 58.1 Å². The number of nitrogens with zero attached hydrogens (tertiary/aromatic N) is 4. The fraction of sp³-hybridized carbons (Fsp3) is 0.386. The number of benzene rings is 2. The Hall–Kier alpha value is -5.09. The lowest BCUT2D eigenvalue weighted by atomic mass is 9.80. The third kappa shape index (κ3) is 13.1. The largest absolute Gasteiger partial charge is 0.344 e. The molecule has 3 heterocycles. The van der Waals surface area contributed by atoms with Crippen LogP contribution in [0.25, 0.3) is 5.57 Å². The maximum absolute atomic E-state index is 12.5. The van der Waals surface area contributed by atoms with Crippen LogP contribution in [0, 0.1) is 5.41 Å². The van der Waals surface area contributed by atoms with Crippen LogP contribution in [0.15, 0.2) is 110 Å². The van der Waals surface area contributed by atoms with Gasteiger partial charge in [0.25, 0.3) is 42.2 Å². The summed E-state index contributed by atoms with van der Waals surface area (Å²) in [5, 5.41) is 0.918. The van der Waals surface area contributed by atoms with Crippen molar-refractivity contribution in [3.8, 4) is 0 Å². The molecule has 0 saturated carbocycles. The molecule has 2 amide bonds. The minimum Gasteiger partial charge on any atom is -0.344 e. The van der Waals surface area contributed by atoms with Crippen molar-refractivity contribution >= 4 is 82.5 Å². The van der Waals surface area contributed by atoms with Crippen molar-refractivity contribution in [2.24, 2.45) is 15.4 Å². The first-order valence-corrected chi connectivity index (χ1v) is 25.5. The van der Waals surface area contributed by atoms with Crippen LogP contribution in [0.3, 0.4) is 0 Å². The number of allylic oxidation sites excluding steroid dienone is 9. The molecular weight excluding hydrogens is 924 g/mol. The van der Waals surface area contributed by atoms with Crippen LogP contribution in [-0.4, -0.2) is 97.9 Å². The molecule has 0 atom stereocenters. The molecule has 2 aromatic carbocycles. The molecule has 0 aliphatic carbocycles. The summed E-state index contributed by atoms with van der Waals surface area (Å²) in [6.45, 7) is 9.48. The topological polar surface area (TPSA) is 255 Å². The third-order valence-corrected chi connectivity index (χ3v) is 13.8. The number of rotatable bonds is 18. The lowest BCUT2D eigenvalue weighted by Gasteiger charge is -2.27. The highest BCUT2D eigenvalue weighted by Gasteiger charge is 2.41. The minimum atomic E-state index is -4.58. The van der Waals surface area contributed by atoms with Gasteiger partial charge >= 0.3 is 5.97 Å². The van der Waals surface area contributed by atoms with Gasteiger partial charge < -0.3 is 9.74 Å². The molecule has 0 radical (unpaired) electrons. The molecule has 21 heteroatoms. The molecule has 1 fully saturated rings. The molecule has 17 nitrogen and oxygen atoms in total. The van der Waals surface area contributed by atoms with Crippen molar-refractivity contribution in [2.75, 3.05) is 29.5 Å². The van der Waals surface area contributed by atoms with E-state index in [1.54, 1.807) is 37.3 Å². The van der Waals surface area contributed by atoms with Gasteiger partial charge in [0.1, 0.15) is 0 Å². The van der Waals surface area contributed by atoms with E-state index in [0.29, 0.717) is 55.3 Å². The standard InChI is InChI=1S/C44H51ClN4O13S3/c1-6-32(45)27-35-42(46-23-7-25-63(53,54)55)47-37(43(35,2)3)18-14-31(30-12-9-29(10-13-30)11-22-41(52)62-49-39(50)20-21-40(49)51)15-19-38-44(4,5)34-28-33(65(59,60)61)16-17-36(34)48(38)24-8-26-64(56,57)58/h6,9-10,12-19,27-28H,7-8,11,20-26H2,1-5H3,(H,53,54,55)(H,56,57,58)(H,59,60,61)/b18-14+,31-15-,32-6+,35-27+,38-19+,46-42-. The third-order valence-electron chi connectivity index (χ3n) is 11.1. The molecule has 2 aromatic rings. The zero-order chi connectivity index (χ0) is 48.1. The maximum atomic E-state index is 12.5. The number of amidine groups is 1. The maximum Gasteiger partial charge on any atom is 0.333 e. The van der Waals surface area contributed by atoms with E-state index < -0.39 is 70.5 Å². The van der Waals surface area contributed by atoms with Gasteiger partial charge in [-0.3, -0.25) is 28.2 Å². The van der Waals surface area contributed by atoms with Gasteiger partial charge in [-0.25, -0.2) is 9.79 Å². The Morgan fingerprint density at radius 1 is 0.908 bits per heavy atom. The first-order chi connectivity index (χ1) is 30.2. The second kappa shape index (κ2) is 20.2. The van der Waals surface area contributed by atoms with Gasteiger partial charge in [-0.05, 0) is 84.9 Å². The lowest BCUT2D eigenvalue weighted by Crippen LogP contribution is -2.32. The highest BCUT2D eigenvalue weighted by atomic mass is 35.5. The number of fused-ring (bicyclic) bond motifs is 1. The zero-order valence-electron chi connectivity index (χ0n) is 36.4. The summed E-state index contributed by atoms with van der Waals surface area (Å²) < 4.78 is 99.2. The van der Waals surface area contributed by atoms with E-state index in [-0.39, 0.29) is 56.5 Å². The van der Waals surface area contributed by atoms with Crippen LogP contribution >= 0.6 is 11.6 Å². The fourth-order valence-corrected chi connectivity index (χ4v) is 9.06. The number of carbonyl (C=O) groups excluding carboxylic acids is 3. The molecule has 5 rings (SSSR count). The summed E-state index contributed by atoms with van der Waals surface area (Å²) in [7, 11) is -13.1. The minimum absolute atomic E-state index is 0.0174. The Kier molecular flexibility index (Phi) is 15.8. The van der Waals surface area contributed by atoms with Crippen LogP contribution in [0.4, 0.5) is 5.69 Å². The number of imide groups is 1. The molecule has 1 saturated heterocycles. The number of hydrogen-bond acceptors (Lipinski definition) is 12. The Morgan fingerprint density at radius 2 is 1.54 bits per heavy atom. The predicted octanol–water partition coefficient (Wildman–Crippen LogP) is 6.60. The van der Waals surface area contributed by atoms with Crippen molar-refractivity contribution in [3.63, 3.8) is 0 Å². The second-order valence-corrected chi connectivity index (χ2v) is 21.5. The molecule has 3 aliphatic rings. The van der Waals surface area contributed by atoms with Crippen molar-refractivity contribution in [2.45, 2.75) is 83.5 Å². The Labute approximate surface area is 384 Å². The molecule has 0 aromatic heterocycles. The Bertz CT molecular complexity index is 2790. The highest BCUT2D eigenvalue weighted by molar-refractivity contribution is 7.86. The molecule has 3 aliphatic heterocycles. The van der Waals surface area contributed by atoms with Crippen LogP contribution in [0.2, 0.25) is 0 Å². The van der Waals surface area contributed by atoms with E-state index in [1.807, 2.05) is 63.0 Å². The van der Waals surface area contributed by atoms with Gasteiger partial charge in [0.15, 0.2) is 5.84 Å². The molecule has 0 spiro atoms. The van der Waals surface area contributed by atoms with Gasteiger partial charge in [0, 0.05) is 58.8 Å². The summed E-state index contributed by atoms with van der Waals surface area (Å²) >= 11 is 6.46. The van der Waals surface area contributed by atoms with Gasteiger partial charge in [-0.2, -0.15) is 25.3 Å². The van der Waals surface area contributed by atoms with Crippen LogP contribution in [0.1, 0.15) is 83.4 Å². The normalized spacial score (nSPS) is 19.9. The number of hydroxylamine groups is 2. The van der Waals surface area contributed by atoms with Gasteiger partial charge in [-0.1, -0.05) is 81.8 Å². The summed E-state index contributed by atoms with van der Waals surface area (Å²) in [6, 6.07) is 11.4. The second-order valence-electron chi connectivity index (χ2n) is 16.5. The number of carbonyl (C=O) groups is 3. The predicted molar refractivity (Wildman–Crippen MR) is 247 cm³/mol. The molecule has 3 N–H and O–H groups in total. The van der Waals surface area contributed by atoms with E-state index in [2.05, 4.69) is 4.99 Å². The first-order valence-electron chi connectivity index (χ1n) is 20.5. The lowest BCUT2D eigenvalue weighted by molar-refractivity contribution is -0.197. The Balaban J connectivity index is 1.58. The van der Waals surface area contributed by atoms with Crippen molar-refractivity contribution in [1.82, 2.24) is 5.06 Å². The number of anilines is 1. The molecule has 65 heavy (non-hydrogen) atoms. The van der Waals surface area contributed by atoms with Crippen molar-refractivity contribution in [3.05, 3.63) is 112 Å². The van der Waals surface area contributed by atoms with Crippen LogP contribution in [0.5, 0.6) is 0 Å². The quantitative estimate of drug-likeness (QED) is 0.0616. The zero-order valence-corrected chi connectivity index (χ0v) is 39.6. The van der Waals surface area contributed by atoms with E-state index in [9.17, 15) is 53.3 Å². The first kappa shape index (κ1) is 50.9. The van der Waals surface area contributed by atoms with Gasteiger partial charge in [0.05, 0.1) is 28.5 Å². The SMILES string of the molecule is C\C=C(Cl)/C=C1\C(=N\CCCS(=O)(=O)O)N=C(/C=C/C(=C/C=C2/N(CCCS(=O)(=O)O)c3ccc(S(=O)(=O)O)cc3C2(C)C)c2ccc(CCC(=O)ON3C(=O)CCC3=O)cc2)C1(C)C. The summed E-state index contributed by atoms with van der Waals surface area (Å²) in [4.78, 5) is 52.3. The number of aliphatic imine (C=N–C) groups is 2. The highest BCUT2D eigenvalue weighted by Crippen LogP contribution is 2.49. The van der Waals surface area contributed by atoms with E-state index in [0.717, 1.165) is 5.56 Å². The smallest absolute Gasteiger partial charge is 0.333 e. The van der Waals surface area contributed by atoms with E-state index in [1.165, 1.54) is 18.2 Å². The molecule has 0 unspecified atom stereocenters.